The van der Waals surface area contributed by atoms with Gasteiger partial charge in [-0.3, -0.25) is 4.79 Å². The van der Waals surface area contributed by atoms with Crippen LogP contribution in [0.15, 0.2) is 0 Å². The average molecular weight is 595 g/mol. The van der Waals surface area contributed by atoms with Gasteiger partial charge < -0.3 is 77.3 Å². The van der Waals surface area contributed by atoms with Crippen LogP contribution in [0.1, 0.15) is 32.6 Å². The standard InChI is InChI=1S/C25H50N6O10/c1-11(38-25-17(34)7-15(20(10-32)39-25)31-21(36)9-30-3)37-19-6-14(28)24(41-23(19)18(35)8-29-2)40-22-13(27)4-12(26)5-16(22)33/h11-20,22-25,29-30,32-35H,4-10,26-28H2,1-3H3,(H,31,36)/t11?,12-,13?,14+,15+,16-,17?,18?,19+,20?,22-,23?,24+,25+/m1/s1. The molecule has 6 unspecified atom stereocenters. The van der Waals surface area contributed by atoms with Crippen molar-refractivity contribution in [1.29, 1.82) is 0 Å². The molecular weight excluding hydrogens is 544 g/mol. The van der Waals surface area contributed by atoms with Crippen LogP contribution < -0.4 is 33.2 Å². The minimum atomic E-state index is -1.14. The number of nitrogens with two attached hydrogens (primary N) is 3. The second-order valence-electron chi connectivity index (χ2n) is 11.2. The summed E-state index contributed by atoms with van der Waals surface area (Å²) in [6.07, 6.45) is -8.08. The Morgan fingerprint density at radius 3 is 2.34 bits per heavy atom. The molecule has 0 bridgehead atoms. The molecule has 0 aromatic heterocycles. The SMILES string of the molecule is CNCC(=O)N[C@H]1CC(O)[C@@H](OC(C)O[C@H]2C[C@H](N)[C@@H](O[C@@H]3C(N)C[C@@H](N)C[C@H]3O)OC2C(O)CNC)OC1CO. The molecule has 41 heavy (non-hydrogen) atoms. The predicted molar refractivity (Wildman–Crippen MR) is 145 cm³/mol. The van der Waals surface area contributed by atoms with Crippen LogP contribution in [0.5, 0.6) is 0 Å². The molecular formula is C25H50N6O10. The summed E-state index contributed by atoms with van der Waals surface area (Å²) in [5.74, 6) is -0.298. The Morgan fingerprint density at radius 2 is 1.71 bits per heavy atom. The fraction of sp³-hybridized carbons (Fsp3) is 0.960. The Bertz CT molecular complexity index is 792. The van der Waals surface area contributed by atoms with Crippen LogP contribution in [0.4, 0.5) is 0 Å². The van der Waals surface area contributed by atoms with Crippen LogP contribution in [0.2, 0.25) is 0 Å². The third kappa shape index (κ3) is 9.45. The van der Waals surface area contributed by atoms with Crippen molar-refractivity contribution in [2.24, 2.45) is 17.2 Å². The van der Waals surface area contributed by atoms with Crippen LogP contribution >= 0.6 is 0 Å². The highest BCUT2D eigenvalue weighted by Gasteiger charge is 2.46. The Morgan fingerprint density at radius 1 is 0.976 bits per heavy atom. The monoisotopic (exact) mass is 594 g/mol. The van der Waals surface area contributed by atoms with E-state index in [0.29, 0.717) is 12.8 Å². The molecule has 1 amide bonds. The van der Waals surface area contributed by atoms with Crippen molar-refractivity contribution in [2.45, 2.75) is 118 Å². The molecule has 3 rings (SSSR count). The highest BCUT2D eigenvalue weighted by molar-refractivity contribution is 5.78. The lowest BCUT2D eigenvalue weighted by Crippen LogP contribution is -2.62. The molecule has 0 aromatic carbocycles. The first-order valence-electron chi connectivity index (χ1n) is 14.2. The van der Waals surface area contributed by atoms with Gasteiger partial charge in [-0.25, -0.2) is 0 Å². The van der Waals surface area contributed by atoms with Crippen molar-refractivity contribution >= 4 is 5.91 Å². The number of amides is 1. The number of likely N-dealkylation sites (N-methyl/N-ethyl adjacent to an activating group) is 2. The molecule has 13 N–H and O–H groups in total. The average Bonchev–Trinajstić information content (AvgIpc) is 2.89. The van der Waals surface area contributed by atoms with Crippen molar-refractivity contribution in [3.63, 3.8) is 0 Å². The topological polar surface area (TPSA) is 258 Å². The molecule has 1 saturated carbocycles. The van der Waals surface area contributed by atoms with Crippen molar-refractivity contribution < 1.29 is 48.9 Å². The van der Waals surface area contributed by atoms with E-state index in [2.05, 4.69) is 16.0 Å². The van der Waals surface area contributed by atoms with E-state index in [0.717, 1.165) is 0 Å². The van der Waals surface area contributed by atoms with E-state index in [4.69, 9.17) is 40.9 Å². The van der Waals surface area contributed by atoms with Gasteiger partial charge in [-0.05, 0) is 40.3 Å². The zero-order valence-electron chi connectivity index (χ0n) is 24.0. The maximum atomic E-state index is 12.0. The van der Waals surface area contributed by atoms with Gasteiger partial charge in [0.25, 0.3) is 0 Å². The molecule has 3 fully saturated rings. The fourth-order valence-electron chi connectivity index (χ4n) is 5.65. The van der Waals surface area contributed by atoms with Crippen LogP contribution in [0.25, 0.3) is 0 Å². The van der Waals surface area contributed by atoms with Gasteiger partial charge in [-0.15, -0.1) is 0 Å². The molecule has 2 heterocycles. The summed E-state index contributed by atoms with van der Waals surface area (Å²) in [4.78, 5) is 12.0. The van der Waals surface area contributed by atoms with Crippen LogP contribution in [0, 0.1) is 0 Å². The number of hydrogen-bond donors (Lipinski definition) is 10. The van der Waals surface area contributed by atoms with Crippen LogP contribution in [-0.2, 0) is 28.5 Å². The third-order valence-corrected chi connectivity index (χ3v) is 7.64. The first-order chi connectivity index (χ1) is 19.5. The molecule has 16 heteroatoms. The molecule has 0 aromatic rings. The van der Waals surface area contributed by atoms with E-state index < -0.39 is 86.3 Å². The van der Waals surface area contributed by atoms with Gasteiger partial charge in [0.15, 0.2) is 18.9 Å². The van der Waals surface area contributed by atoms with Crippen molar-refractivity contribution in [3.8, 4) is 0 Å². The summed E-state index contributed by atoms with van der Waals surface area (Å²) in [6.45, 7) is 1.46. The maximum absolute atomic E-state index is 12.0. The van der Waals surface area contributed by atoms with Gasteiger partial charge in [0.2, 0.25) is 5.91 Å². The summed E-state index contributed by atoms with van der Waals surface area (Å²) >= 11 is 0. The van der Waals surface area contributed by atoms with Crippen molar-refractivity contribution in [1.82, 2.24) is 16.0 Å². The number of ether oxygens (including phenoxy) is 5. The van der Waals surface area contributed by atoms with E-state index in [-0.39, 0.29) is 37.9 Å². The third-order valence-electron chi connectivity index (χ3n) is 7.64. The highest BCUT2D eigenvalue weighted by Crippen LogP contribution is 2.30. The van der Waals surface area contributed by atoms with Gasteiger partial charge in [0.1, 0.15) is 24.4 Å². The minimum absolute atomic E-state index is 0.0792. The fourth-order valence-corrected chi connectivity index (χ4v) is 5.65. The zero-order valence-corrected chi connectivity index (χ0v) is 24.0. The molecule has 1 aliphatic carbocycles. The van der Waals surface area contributed by atoms with Crippen molar-refractivity contribution in [3.05, 3.63) is 0 Å². The number of hydrogen-bond acceptors (Lipinski definition) is 15. The first kappa shape index (κ1) is 34.4. The molecule has 16 nitrogen and oxygen atoms in total. The predicted octanol–water partition coefficient (Wildman–Crippen LogP) is -4.88. The minimum Gasteiger partial charge on any atom is -0.394 e. The highest BCUT2D eigenvalue weighted by atomic mass is 16.8. The van der Waals surface area contributed by atoms with E-state index in [1.165, 1.54) is 0 Å². The molecule has 0 spiro atoms. The molecule has 14 atom stereocenters. The molecule has 240 valence electrons. The lowest BCUT2D eigenvalue weighted by molar-refractivity contribution is -0.332. The Labute approximate surface area is 240 Å². The quantitative estimate of drug-likeness (QED) is 0.0897. The zero-order chi connectivity index (χ0) is 30.3. The number of carbonyl (C=O) groups is 1. The Balaban J connectivity index is 1.61. The summed E-state index contributed by atoms with van der Waals surface area (Å²) < 4.78 is 29.8. The number of aliphatic hydroxyl groups excluding tert-OH is 4. The van der Waals surface area contributed by atoms with Crippen LogP contribution in [0.3, 0.4) is 0 Å². The second-order valence-corrected chi connectivity index (χ2v) is 11.2. The largest absolute Gasteiger partial charge is 0.394 e. The van der Waals surface area contributed by atoms with Gasteiger partial charge in [-0.2, -0.15) is 0 Å². The smallest absolute Gasteiger partial charge is 0.234 e. The summed E-state index contributed by atoms with van der Waals surface area (Å²) in [6, 6.07) is -2.03. The number of carbonyl (C=O) groups excluding carboxylic acids is 1. The molecule has 0 radical (unpaired) electrons. The van der Waals surface area contributed by atoms with Crippen molar-refractivity contribution in [2.75, 3.05) is 33.8 Å². The number of nitrogens with one attached hydrogen (secondary N) is 3. The van der Waals surface area contributed by atoms with E-state index in [9.17, 15) is 25.2 Å². The Kier molecular flexibility index (Phi) is 13.5. The van der Waals surface area contributed by atoms with Gasteiger partial charge >= 0.3 is 0 Å². The Hall–Kier alpha value is -1.09. The molecule has 2 aliphatic heterocycles. The van der Waals surface area contributed by atoms with Gasteiger partial charge in [-0.1, -0.05) is 0 Å². The summed E-state index contributed by atoms with van der Waals surface area (Å²) in [5.41, 5.74) is 18.5. The second kappa shape index (κ2) is 16.1. The normalized spacial score (nSPS) is 41.5. The van der Waals surface area contributed by atoms with E-state index >= 15 is 0 Å². The molecule has 3 aliphatic rings. The summed E-state index contributed by atoms with van der Waals surface area (Å²) in [7, 11) is 3.31. The number of aliphatic hydroxyl groups is 4. The maximum Gasteiger partial charge on any atom is 0.234 e. The summed E-state index contributed by atoms with van der Waals surface area (Å²) in [5, 5.41) is 50.2. The van der Waals surface area contributed by atoms with E-state index in [1.807, 2.05) is 0 Å². The van der Waals surface area contributed by atoms with Gasteiger partial charge in [0.05, 0.1) is 43.5 Å². The first-order valence-corrected chi connectivity index (χ1v) is 14.2. The van der Waals surface area contributed by atoms with Crippen LogP contribution in [-0.4, -0.2) is 146 Å². The van der Waals surface area contributed by atoms with Gasteiger partial charge in [0, 0.05) is 25.0 Å². The lowest BCUT2D eigenvalue weighted by Gasteiger charge is -2.45. The lowest BCUT2D eigenvalue weighted by atomic mass is 9.87. The molecule has 2 saturated heterocycles. The van der Waals surface area contributed by atoms with E-state index in [1.54, 1.807) is 21.0 Å². The number of rotatable bonds is 13.